The Morgan fingerprint density at radius 3 is 2.62 bits per heavy atom. The number of carboxylic acids is 1. The molecule has 1 saturated heterocycles. The van der Waals surface area contributed by atoms with Gasteiger partial charge in [-0.05, 0) is 26.2 Å². The number of carbonyl (C=O) groups is 2. The van der Waals surface area contributed by atoms with Gasteiger partial charge in [-0.15, -0.1) is 0 Å². The molecule has 2 N–H and O–H groups in total. The highest BCUT2D eigenvalue weighted by molar-refractivity contribution is 5.78. The lowest BCUT2D eigenvalue weighted by Gasteiger charge is -2.38. The molecular weight excluding hydrogens is 272 g/mol. The van der Waals surface area contributed by atoms with Crippen molar-refractivity contribution in [2.75, 3.05) is 19.7 Å². The Kier molecular flexibility index (Phi) is 5.08. The summed E-state index contributed by atoms with van der Waals surface area (Å²) in [6.45, 7) is 5.31. The first kappa shape index (κ1) is 16.1. The maximum absolute atomic E-state index is 12.4. The van der Waals surface area contributed by atoms with Crippen LogP contribution in [0.3, 0.4) is 0 Å². The molecule has 21 heavy (non-hydrogen) atoms. The van der Waals surface area contributed by atoms with Gasteiger partial charge in [-0.3, -0.25) is 4.79 Å². The zero-order valence-electron chi connectivity index (χ0n) is 12.9. The second-order valence-corrected chi connectivity index (χ2v) is 6.31. The summed E-state index contributed by atoms with van der Waals surface area (Å²) >= 11 is 0. The lowest BCUT2D eigenvalue weighted by Crippen LogP contribution is -2.56. The van der Waals surface area contributed by atoms with Crippen LogP contribution >= 0.6 is 0 Å². The van der Waals surface area contributed by atoms with E-state index >= 15 is 0 Å². The van der Waals surface area contributed by atoms with E-state index in [1.165, 1.54) is 0 Å². The standard InChI is InChI=1S/C15H26N2O4/c1-3-12-9-21-11(2)8-17(12)14(20)16-10-15(13(18)19)6-4-5-7-15/h11-12H,3-10H2,1-2H3,(H,16,20)(H,18,19). The normalized spacial score (nSPS) is 28.4. The van der Waals surface area contributed by atoms with Crippen LogP contribution < -0.4 is 5.32 Å². The lowest BCUT2D eigenvalue weighted by molar-refractivity contribution is -0.148. The Bertz CT molecular complexity index is 393. The van der Waals surface area contributed by atoms with Crippen molar-refractivity contribution in [2.45, 2.75) is 58.1 Å². The van der Waals surface area contributed by atoms with Crippen molar-refractivity contribution in [3.63, 3.8) is 0 Å². The number of rotatable bonds is 4. The molecule has 6 heteroatoms. The summed E-state index contributed by atoms with van der Waals surface area (Å²) in [4.78, 5) is 25.7. The predicted molar refractivity (Wildman–Crippen MR) is 78.1 cm³/mol. The number of urea groups is 1. The van der Waals surface area contributed by atoms with Gasteiger partial charge < -0.3 is 20.1 Å². The van der Waals surface area contributed by atoms with Crippen LogP contribution in [0.2, 0.25) is 0 Å². The first-order valence-corrected chi connectivity index (χ1v) is 7.88. The van der Waals surface area contributed by atoms with Crippen molar-refractivity contribution in [1.29, 1.82) is 0 Å². The molecule has 0 spiro atoms. The van der Waals surface area contributed by atoms with E-state index in [1.54, 1.807) is 4.90 Å². The highest BCUT2D eigenvalue weighted by atomic mass is 16.5. The minimum absolute atomic E-state index is 0.0264. The number of nitrogens with zero attached hydrogens (tertiary/aromatic N) is 1. The number of ether oxygens (including phenoxy) is 1. The van der Waals surface area contributed by atoms with Crippen LogP contribution in [0.1, 0.15) is 46.0 Å². The number of hydrogen-bond donors (Lipinski definition) is 2. The molecule has 2 aliphatic rings. The first-order chi connectivity index (χ1) is 9.98. The third-order valence-electron chi connectivity index (χ3n) is 4.79. The van der Waals surface area contributed by atoms with Crippen molar-refractivity contribution < 1.29 is 19.4 Å². The summed E-state index contributed by atoms with van der Waals surface area (Å²) < 4.78 is 5.58. The first-order valence-electron chi connectivity index (χ1n) is 7.88. The van der Waals surface area contributed by atoms with Crippen LogP contribution in [-0.4, -0.2) is 53.8 Å². The third kappa shape index (κ3) is 3.48. The molecule has 0 aromatic rings. The number of carboxylic acid groups (broad SMARTS) is 1. The van der Waals surface area contributed by atoms with Crippen LogP contribution in [0.25, 0.3) is 0 Å². The Balaban J connectivity index is 1.95. The van der Waals surface area contributed by atoms with Gasteiger partial charge in [0.05, 0.1) is 24.2 Å². The van der Waals surface area contributed by atoms with Crippen LogP contribution in [0.5, 0.6) is 0 Å². The molecule has 2 amide bonds. The molecule has 0 bridgehead atoms. The molecule has 0 aromatic heterocycles. The number of morpholine rings is 1. The molecule has 1 aliphatic heterocycles. The number of nitrogens with one attached hydrogen (secondary N) is 1. The molecule has 0 aromatic carbocycles. The van der Waals surface area contributed by atoms with Crippen molar-refractivity contribution in [3.8, 4) is 0 Å². The smallest absolute Gasteiger partial charge is 0.317 e. The van der Waals surface area contributed by atoms with Gasteiger partial charge in [0.15, 0.2) is 0 Å². The number of carbonyl (C=O) groups excluding carboxylic acids is 1. The molecule has 120 valence electrons. The Labute approximate surface area is 125 Å². The summed E-state index contributed by atoms with van der Waals surface area (Å²) in [6, 6.07) is -0.0879. The van der Waals surface area contributed by atoms with Gasteiger partial charge in [-0.1, -0.05) is 19.8 Å². The maximum atomic E-state index is 12.4. The van der Waals surface area contributed by atoms with Gasteiger partial charge in [-0.25, -0.2) is 4.79 Å². The zero-order chi connectivity index (χ0) is 15.5. The summed E-state index contributed by atoms with van der Waals surface area (Å²) in [7, 11) is 0. The highest BCUT2D eigenvalue weighted by Crippen LogP contribution is 2.37. The predicted octanol–water partition coefficient (Wildman–Crippen LogP) is 1.84. The average molecular weight is 298 g/mol. The monoisotopic (exact) mass is 298 g/mol. The molecule has 2 atom stereocenters. The summed E-state index contributed by atoms with van der Waals surface area (Å²) in [5.41, 5.74) is -0.769. The molecule has 2 fully saturated rings. The number of hydrogen-bond acceptors (Lipinski definition) is 3. The highest BCUT2D eigenvalue weighted by Gasteiger charge is 2.42. The molecular formula is C15H26N2O4. The van der Waals surface area contributed by atoms with Crippen LogP contribution in [0, 0.1) is 5.41 Å². The van der Waals surface area contributed by atoms with Gasteiger partial charge in [0.2, 0.25) is 0 Å². The molecule has 6 nitrogen and oxygen atoms in total. The second-order valence-electron chi connectivity index (χ2n) is 6.31. The fourth-order valence-electron chi connectivity index (χ4n) is 3.30. The maximum Gasteiger partial charge on any atom is 0.317 e. The summed E-state index contributed by atoms with van der Waals surface area (Å²) in [6.07, 6.45) is 4.02. The van der Waals surface area contributed by atoms with Crippen LogP contribution in [0.15, 0.2) is 0 Å². The van der Waals surface area contributed by atoms with Crippen LogP contribution in [0.4, 0.5) is 4.79 Å². The summed E-state index contributed by atoms with van der Waals surface area (Å²) in [5, 5.41) is 12.3. The van der Waals surface area contributed by atoms with E-state index in [0.29, 0.717) is 26.0 Å². The third-order valence-corrected chi connectivity index (χ3v) is 4.79. The molecule has 1 heterocycles. The van der Waals surface area contributed by atoms with Gasteiger partial charge in [-0.2, -0.15) is 0 Å². The summed E-state index contributed by atoms with van der Waals surface area (Å²) in [5.74, 6) is -0.789. The Morgan fingerprint density at radius 1 is 1.38 bits per heavy atom. The van der Waals surface area contributed by atoms with E-state index in [4.69, 9.17) is 4.74 Å². The largest absolute Gasteiger partial charge is 0.481 e. The molecule has 2 unspecified atom stereocenters. The van der Waals surface area contributed by atoms with E-state index in [9.17, 15) is 14.7 Å². The molecule has 1 saturated carbocycles. The number of amides is 2. The van der Waals surface area contributed by atoms with E-state index in [2.05, 4.69) is 5.32 Å². The molecule has 2 rings (SSSR count). The fourth-order valence-corrected chi connectivity index (χ4v) is 3.30. The van der Waals surface area contributed by atoms with Gasteiger partial charge in [0.1, 0.15) is 0 Å². The minimum atomic E-state index is -0.789. The van der Waals surface area contributed by atoms with Crippen molar-refractivity contribution in [2.24, 2.45) is 5.41 Å². The van der Waals surface area contributed by atoms with E-state index in [1.807, 2.05) is 13.8 Å². The fraction of sp³-hybridized carbons (Fsp3) is 0.867. The van der Waals surface area contributed by atoms with Gasteiger partial charge in [0.25, 0.3) is 0 Å². The number of aliphatic carboxylic acids is 1. The van der Waals surface area contributed by atoms with Crippen LogP contribution in [-0.2, 0) is 9.53 Å². The average Bonchev–Trinajstić information content (AvgIpc) is 2.95. The van der Waals surface area contributed by atoms with E-state index in [0.717, 1.165) is 19.3 Å². The van der Waals surface area contributed by atoms with E-state index < -0.39 is 11.4 Å². The van der Waals surface area contributed by atoms with Gasteiger partial charge >= 0.3 is 12.0 Å². The SMILES string of the molecule is CCC1COC(C)CN1C(=O)NCC1(C(=O)O)CCCC1. The lowest BCUT2D eigenvalue weighted by atomic mass is 9.86. The van der Waals surface area contributed by atoms with Crippen molar-refractivity contribution in [1.82, 2.24) is 10.2 Å². The molecule has 1 aliphatic carbocycles. The van der Waals surface area contributed by atoms with Crippen molar-refractivity contribution >= 4 is 12.0 Å². The van der Waals surface area contributed by atoms with E-state index in [-0.39, 0.29) is 24.7 Å². The Morgan fingerprint density at radius 2 is 2.05 bits per heavy atom. The van der Waals surface area contributed by atoms with Crippen molar-refractivity contribution in [3.05, 3.63) is 0 Å². The minimum Gasteiger partial charge on any atom is -0.481 e. The zero-order valence-corrected chi connectivity index (χ0v) is 12.9. The molecule has 0 radical (unpaired) electrons. The van der Waals surface area contributed by atoms with Gasteiger partial charge in [0, 0.05) is 13.1 Å². The Hall–Kier alpha value is -1.30. The second kappa shape index (κ2) is 6.64. The quantitative estimate of drug-likeness (QED) is 0.830. The topological polar surface area (TPSA) is 78.9 Å².